The van der Waals surface area contributed by atoms with Gasteiger partial charge in [0, 0.05) is 35.8 Å². The van der Waals surface area contributed by atoms with Crippen molar-refractivity contribution in [2.45, 2.75) is 64.9 Å². The molecule has 1 saturated heterocycles. The van der Waals surface area contributed by atoms with E-state index in [1.54, 1.807) is 6.07 Å². The SMILES string of the molecule is Cc1oc2cc3oc(=O)c(CC(=O)N4CC[C@@]5(O)CCCC[C@H]5C4)c(C)c3cc2c1C. The van der Waals surface area contributed by atoms with Crippen molar-refractivity contribution >= 4 is 27.8 Å². The zero-order valence-corrected chi connectivity index (χ0v) is 18.4. The number of likely N-dealkylation sites (tertiary alicyclic amines) is 1. The van der Waals surface area contributed by atoms with Gasteiger partial charge in [0.2, 0.25) is 5.91 Å². The van der Waals surface area contributed by atoms with Gasteiger partial charge in [-0.15, -0.1) is 0 Å². The molecule has 5 rings (SSSR count). The summed E-state index contributed by atoms with van der Waals surface area (Å²) in [5.74, 6) is 0.904. The van der Waals surface area contributed by atoms with Gasteiger partial charge in [-0.05, 0) is 57.2 Å². The predicted octanol–water partition coefficient (Wildman–Crippen LogP) is 4.16. The maximum Gasteiger partial charge on any atom is 0.340 e. The van der Waals surface area contributed by atoms with E-state index >= 15 is 0 Å². The molecule has 2 fully saturated rings. The van der Waals surface area contributed by atoms with E-state index < -0.39 is 11.2 Å². The molecule has 1 saturated carbocycles. The van der Waals surface area contributed by atoms with Crippen molar-refractivity contribution in [2.75, 3.05) is 13.1 Å². The van der Waals surface area contributed by atoms with Crippen LogP contribution in [-0.2, 0) is 11.2 Å². The van der Waals surface area contributed by atoms with Crippen molar-refractivity contribution in [2.24, 2.45) is 5.92 Å². The Hall–Kier alpha value is -2.60. The summed E-state index contributed by atoms with van der Waals surface area (Å²) in [6, 6.07) is 3.75. The molecule has 0 bridgehead atoms. The quantitative estimate of drug-likeness (QED) is 0.626. The van der Waals surface area contributed by atoms with Gasteiger partial charge < -0.3 is 18.8 Å². The first kappa shape index (κ1) is 20.3. The van der Waals surface area contributed by atoms with E-state index in [0.717, 1.165) is 53.3 Å². The number of aliphatic hydroxyl groups is 1. The summed E-state index contributed by atoms with van der Waals surface area (Å²) in [5.41, 5.74) is 2.34. The summed E-state index contributed by atoms with van der Waals surface area (Å²) in [5, 5.41) is 12.7. The molecule has 2 aromatic heterocycles. The van der Waals surface area contributed by atoms with Gasteiger partial charge in [-0.3, -0.25) is 4.79 Å². The zero-order chi connectivity index (χ0) is 21.9. The van der Waals surface area contributed by atoms with Crippen LogP contribution in [0.3, 0.4) is 0 Å². The second-order valence-electron chi connectivity index (χ2n) is 9.43. The van der Waals surface area contributed by atoms with Gasteiger partial charge in [-0.1, -0.05) is 12.8 Å². The van der Waals surface area contributed by atoms with Gasteiger partial charge in [0.25, 0.3) is 0 Å². The third-order valence-corrected chi connectivity index (χ3v) is 7.69. The Kier molecular flexibility index (Phi) is 4.74. The highest BCUT2D eigenvalue weighted by Gasteiger charge is 2.43. The van der Waals surface area contributed by atoms with E-state index in [1.807, 2.05) is 31.7 Å². The van der Waals surface area contributed by atoms with Crippen molar-refractivity contribution in [1.82, 2.24) is 4.90 Å². The fraction of sp³-hybridized carbons (Fsp3) is 0.520. The van der Waals surface area contributed by atoms with Crippen LogP contribution < -0.4 is 5.63 Å². The largest absolute Gasteiger partial charge is 0.461 e. The van der Waals surface area contributed by atoms with Crippen molar-refractivity contribution in [1.29, 1.82) is 0 Å². The fourth-order valence-corrected chi connectivity index (χ4v) is 5.49. The minimum Gasteiger partial charge on any atom is -0.461 e. The summed E-state index contributed by atoms with van der Waals surface area (Å²) in [6.07, 6.45) is 4.58. The Balaban J connectivity index is 1.46. The molecular formula is C25H29NO5. The van der Waals surface area contributed by atoms with Crippen LogP contribution in [0.2, 0.25) is 0 Å². The molecule has 31 heavy (non-hydrogen) atoms. The lowest BCUT2D eigenvalue weighted by molar-refractivity contribution is -0.142. The molecule has 1 N–H and O–H groups in total. The van der Waals surface area contributed by atoms with E-state index in [1.165, 1.54) is 0 Å². The van der Waals surface area contributed by atoms with Gasteiger partial charge in [-0.2, -0.15) is 0 Å². The van der Waals surface area contributed by atoms with Crippen LogP contribution in [0.4, 0.5) is 0 Å². The first-order valence-corrected chi connectivity index (χ1v) is 11.2. The third-order valence-electron chi connectivity index (χ3n) is 7.69. The second kappa shape index (κ2) is 7.23. The molecule has 1 aliphatic carbocycles. The highest BCUT2D eigenvalue weighted by Crippen LogP contribution is 2.40. The minimum atomic E-state index is -0.626. The molecule has 0 radical (unpaired) electrons. The summed E-state index contributed by atoms with van der Waals surface area (Å²) in [4.78, 5) is 27.7. The average molecular weight is 424 g/mol. The van der Waals surface area contributed by atoms with Gasteiger partial charge in [0.05, 0.1) is 17.6 Å². The molecule has 3 heterocycles. The number of carbonyl (C=O) groups is 1. The molecule has 6 nitrogen and oxygen atoms in total. The lowest BCUT2D eigenvalue weighted by atomic mass is 9.71. The van der Waals surface area contributed by atoms with Gasteiger partial charge >= 0.3 is 5.63 Å². The molecule has 6 heteroatoms. The topological polar surface area (TPSA) is 83.9 Å². The smallest absolute Gasteiger partial charge is 0.340 e. The van der Waals surface area contributed by atoms with Crippen LogP contribution >= 0.6 is 0 Å². The average Bonchev–Trinajstić information content (AvgIpc) is 3.02. The van der Waals surface area contributed by atoms with Gasteiger partial charge in [-0.25, -0.2) is 4.79 Å². The molecule has 1 aliphatic heterocycles. The number of carbonyl (C=O) groups excluding carboxylic acids is 1. The zero-order valence-electron chi connectivity index (χ0n) is 18.4. The van der Waals surface area contributed by atoms with Crippen molar-refractivity contribution in [3.63, 3.8) is 0 Å². The maximum absolute atomic E-state index is 13.1. The number of rotatable bonds is 2. The molecule has 2 atom stereocenters. The Morgan fingerprint density at radius 3 is 2.65 bits per heavy atom. The molecule has 1 aromatic carbocycles. The molecule has 1 amide bonds. The lowest BCUT2D eigenvalue weighted by Gasteiger charge is -2.47. The van der Waals surface area contributed by atoms with Crippen LogP contribution in [-0.4, -0.2) is 34.6 Å². The van der Waals surface area contributed by atoms with Crippen LogP contribution in [0.15, 0.2) is 25.8 Å². The Morgan fingerprint density at radius 1 is 1.10 bits per heavy atom. The standard InChI is InChI=1S/C25H29NO5/c1-14-16(3)30-21-12-22-19(10-18(14)21)15(2)20(24(28)31-22)11-23(27)26-9-8-25(29)7-5-4-6-17(25)13-26/h10,12,17,29H,4-9,11,13H2,1-3H3/t17-,25-/m0/s1. The molecule has 0 unspecified atom stereocenters. The molecule has 3 aromatic rings. The number of benzene rings is 1. The van der Waals surface area contributed by atoms with E-state index in [-0.39, 0.29) is 18.2 Å². The van der Waals surface area contributed by atoms with Crippen LogP contribution in [0, 0.1) is 26.7 Å². The first-order valence-electron chi connectivity index (χ1n) is 11.2. The van der Waals surface area contributed by atoms with Crippen LogP contribution in [0.5, 0.6) is 0 Å². The molecule has 0 spiro atoms. The lowest BCUT2D eigenvalue weighted by Crippen LogP contribution is -2.55. The summed E-state index contributed by atoms with van der Waals surface area (Å²) >= 11 is 0. The number of piperidine rings is 1. The highest BCUT2D eigenvalue weighted by molar-refractivity contribution is 5.97. The van der Waals surface area contributed by atoms with Crippen molar-refractivity contribution in [3.05, 3.63) is 45.0 Å². The molecule has 164 valence electrons. The molecule has 2 aliphatic rings. The van der Waals surface area contributed by atoms with Crippen LogP contribution in [0.1, 0.15) is 54.6 Å². The van der Waals surface area contributed by atoms with E-state index in [2.05, 4.69) is 0 Å². The van der Waals surface area contributed by atoms with Crippen LogP contribution in [0.25, 0.3) is 21.9 Å². The second-order valence-corrected chi connectivity index (χ2v) is 9.43. The van der Waals surface area contributed by atoms with E-state index in [0.29, 0.717) is 36.2 Å². The predicted molar refractivity (Wildman–Crippen MR) is 118 cm³/mol. The number of nitrogens with zero attached hydrogens (tertiary/aromatic N) is 1. The van der Waals surface area contributed by atoms with E-state index in [9.17, 15) is 14.7 Å². The van der Waals surface area contributed by atoms with Crippen molar-refractivity contribution in [3.8, 4) is 0 Å². The van der Waals surface area contributed by atoms with E-state index in [4.69, 9.17) is 8.83 Å². The fourth-order valence-electron chi connectivity index (χ4n) is 5.49. The maximum atomic E-state index is 13.1. The number of hydrogen-bond acceptors (Lipinski definition) is 5. The summed E-state index contributed by atoms with van der Waals surface area (Å²) in [6.45, 7) is 6.92. The number of fused-ring (bicyclic) bond motifs is 3. The van der Waals surface area contributed by atoms with Crippen molar-refractivity contribution < 1.29 is 18.7 Å². The Bertz CT molecular complexity index is 1250. The van der Waals surface area contributed by atoms with Gasteiger partial charge in [0.15, 0.2) is 0 Å². The highest BCUT2D eigenvalue weighted by atomic mass is 16.4. The monoisotopic (exact) mass is 423 g/mol. The number of hydrogen-bond donors (Lipinski definition) is 1. The summed E-state index contributed by atoms with van der Waals surface area (Å²) in [7, 11) is 0. The Labute approximate surface area is 180 Å². The van der Waals surface area contributed by atoms with Gasteiger partial charge in [0.1, 0.15) is 16.9 Å². The summed E-state index contributed by atoms with van der Waals surface area (Å²) < 4.78 is 11.4. The molecular weight excluding hydrogens is 394 g/mol. The number of furan rings is 1. The normalized spacial score (nSPS) is 24.0. The number of aryl methyl sites for hydroxylation is 3. The first-order chi connectivity index (χ1) is 14.8. The Morgan fingerprint density at radius 2 is 1.84 bits per heavy atom. The minimum absolute atomic E-state index is 0.0245. The number of amides is 1. The third kappa shape index (κ3) is 3.28.